The quantitative estimate of drug-likeness (QED) is 0.816. The molecule has 0 radical (unpaired) electrons. The average Bonchev–Trinajstić information content (AvgIpc) is 3.25. The molecule has 4 atom stereocenters. The lowest BCUT2D eigenvalue weighted by molar-refractivity contribution is -0.136. The van der Waals surface area contributed by atoms with Gasteiger partial charge < -0.3 is 15.0 Å². The number of methoxy groups -OCH3 is 1. The van der Waals surface area contributed by atoms with E-state index >= 15 is 0 Å². The summed E-state index contributed by atoms with van der Waals surface area (Å²) in [5, 5.41) is 3.63. The van der Waals surface area contributed by atoms with Crippen molar-refractivity contribution in [3.05, 3.63) is 0 Å². The van der Waals surface area contributed by atoms with Gasteiger partial charge >= 0.3 is 0 Å². The van der Waals surface area contributed by atoms with Gasteiger partial charge in [0.2, 0.25) is 5.91 Å². The van der Waals surface area contributed by atoms with E-state index in [1.165, 1.54) is 38.5 Å². The Balaban J connectivity index is 1.62. The van der Waals surface area contributed by atoms with Crippen LogP contribution in [0.1, 0.15) is 51.9 Å². The molecule has 0 aromatic rings. The van der Waals surface area contributed by atoms with Crippen molar-refractivity contribution in [1.82, 2.24) is 10.2 Å². The number of carbonyl (C=O) groups is 1. The first-order valence-corrected chi connectivity index (χ1v) is 8.76. The van der Waals surface area contributed by atoms with Gasteiger partial charge in [0.05, 0.1) is 12.6 Å². The molecule has 1 saturated heterocycles. The zero-order valence-corrected chi connectivity index (χ0v) is 13.5. The van der Waals surface area contributed by atoms with Gasteiger partial charge in [-0.05, 0) is 50.9 Å². The number of fused-ring (bicyclic) bond motifs is 1. The van der Waals surface area contributed by atoms with E-state index in [1.807, 2.05) is 0 Å². The standard InChI is InChI=1S/C17H30N2O2/c1-12(13-7-8-13)19(9-10-21-2)17(20)16-11-14-5-3-4-6-15(14)18-16/h12-16,18H,3-11H2,1-2H3. The lowest BCUT2D eigenvalue weighted by Gasteiger charge is -2.31. The van der Waals surface area contributed by atoms with Gasteiger partial charge in [-0.25, -0.2) is 0 Å². The van der Waals surface area contributed by atoms with Crippen LogP contribution in [0.25, 0.3) is 0 Å². The molecule has 21 heavy (non-hydrogen) atoms. The Bertz CT molecular complexity index is 356. The smallest absolute Gasteiger partial charge is 0.240 e. The molecule has 4 unspecified atom stereocenters. The second-order valence-corrected chi connectivity index (χ2v) is 7.21. The van der Waals surface area contributed by atoms with Gasteiger partial charge in [0, 0.05) is 25.7 Å². The van der Waals surface area contributed by atoms with E-state index in [-0.39, 0.29) is 6.04 Å². The molecule has 2 saturated carbocycles. The van der Waals surface area contributed by atoms with Crippen LogP contribution in [-0.2, 0) is 9.53 Å². The summed E-state index contributed by atoms with van der Waals surface area (Å²) >= 11 is 0. The molecule has 3 rings (SSSR count). The number of nitrogens with one attached hydrogen (secondary N) is 1. The van der Waals surface area contributed by atoms with Gasteiger partial charge in [0.25, 0.3) is 0 Å². The highest BCUT2D eigenvalue weighted by atomic mass is 16.5. The lowest BCUT2D eigenvalue weighted by Crippen LogP contribution is -2.50. The van der Waals surface area contributed by atoms with Crippen LogP contribution in [-0.4, -0.2) is 49.2 Å². The third kappa shape index (κ3) is 3.42. The first-order chi connectivity index (χ1) is 10.2. The molecule has 0 aromatic heterocycles. The monoisotopic (exact) mass is 294 g/mol. The maximum Gasteiger partial charge on any atom is 0.240 e. The van der Waals surface area contributed by atoms with Crippen molar-refractivity contribution in [2.75, 3.05) is 20.3 Å². The molecule has 1 heterocycles. The summed E-state index contributed by atoms with van der Waals surface area (Å²) in [6, 6.07) is 1.02. The Morgan fingerprint density at radius 1 is 1.29 bits per heavy atom. The summed E-state index contributed by atoms with van der Waals surface area (Å²) in [4.78, 5) is 15.1. The number of amides is 1. The molecule has 1 aliphatic heterocycles. The number of ether oxygens (including phenoxy) is 1. The van der Waals surface area contributed by atoms with Crippen LogP contribution >= 0.6 is 0 Å². The summed E-state index contributed by atoms with van der Waals surface area (Å²) in [5.41, 5.74) is 0. The summed E-state index contributed by atoms with van der Waals surface area (Å²) in [5.74, 6) is 1.77. The predicted molar refractivity (Wildman–Crippen MR) is 83.1 cm³/mol. The molecular formula is C17H30N2O2. The zero-order chi connectivity index (χ0) is 14.8. The van der Waals surface area contributed by atoms with Crippen molar-refractivity contribution in [3.63, 3.8) is 0 Å². The van der Waals surface area contributed by atoms with Gasteiger partial charge in [-0.3, -0.25) is 4.79 Å². The molecule has 3 aliphatic rings. The highest BCUT2D eigenvalue weighted by molar-refractivity contribution is 5.82. The molecule has 0 spiro atoms. The Labute approximate surface area is 128 Å². The molecule has 1 N–H and O–H groups in total. The van der Waals surface area contributed by atoms with E-state index < -0.39 is 0 Å². The normalized spacial score (nSPS) is 33.5. The largest absolute Gasteiger partial charge is 0.383 e. The van der Waals surface area contributed by atoms with Gasteiger partial charge in [-0.15, -0.1) is 0 Å². The van der Waals surface area contributed by atoms with Crippen LogP contribution in [0.3, 0.4) is 0 Å². The van der Waals surface area contributed by atoms with E-state index in [0.717, 1.165) is 24.8 Å². The fourth-order valence-corrected chi connectivity index (χ4v) is 4.25. The summed E-state index contributed by atoms with van der Waals surface area (Å²) in [6.07, 6.45) is 8.83. The van der Waals surface area contributed by atoms with Crippen LogP contribution < -0.4 is 5.32 Å². The lowest BCUT2D eigenvalue weighted by atomic mass is 9.85. The molecule has 120 valence electrons. The first kappa shape index (κ1) is 15.3. The second kappa shape index (κ2) is 6.66. The van der Waals surface area contributed by atoms with Crippen LogP contribution in [0.4, 0.5) is 0 Å². The van der Waals surface area contributed by atoms with Crippen LogP contribution in [0.15, 0.2) is 0 Å². The maximum atomic E-state index is 13.0. The maximum absolute atomic E-state index is 13.0. The molecule has 0 aromatic carbocycles. The van der Waals surface area contributed by atoms with E-state index in [4.69, 9.17) is 4.74 Å². The third-order valence-electron chi connectivity index (χ3n) is 5.78. The highest BCUT2D eigenvalue weighted by Crippen LogP contribution is 2.37. The van der Waals surface area contributed by atoms with Gasteiger partial charge in [0.1, 0.15) is 0 Å². The Kier molecular flexibility index (Phi) is 4.85. The minimum Gasteiger partial charge on any atom is -0.383 e. The first-order valence-electron chi connectivity index (χ1n) is 8.76. The van der Waals surface area contributed by atoms with Crippen molar-refractivity contribution in [1.29, 1.82) is 0 Å². The van der Waals surface area contributed by atoms with Crippen LogP contribution in [0, 0.1) is 11.8 Å². The molecule has 1 amide bonds. The van der Waals surface area contributed by atoms with E-state index in [1.54, 1.807) is 7.11 Å². The molecule has 2 aliphatic carbocycles. The molecule has 4 nitrogen and oxygen atoms in total. The third-order valence-corrected chi connectivity index (χ3v) is 5.78. The number of carbonyl (C=O) groups excluding carboxylic acids is 1. The van der Waals surface area contributed by atoms with Crippen molar-refractivity contribution in [2.24, 2.45) is 11.8 Å². The van der Waals surface area contributed by atoms with Crippen molar-refractivity contribution in [2.45, 2.75) is 70.0 Å². The number of nitrogens with zero attached hydrogens (tertiary/aromatic N) is 1. The average molecular weight is 294 g/mol. The van der Waals surface area contributed by atoms with Gasteiger partial charge in [0.15, 0.2) is 0 Å². The number of hydrogen-bond donors (Lipinski definition) is 1. The fourth-order valence-electron chi connectivity index (χ4n) is 4.25. The fraction of sp³-hybridized carbons (Fsp3) is 0.941. The molecule has 3 fully saturated rings. The Morgan fingerprint density at radius 2 is 2.05 bits per heavy atom. The SMILES string of the molecule is COCCN(C(=O)C1CC2CCCCC2N1)C(C)C1CC1. The molecular weight excluding hydrogens is 264 g/mol. The highest BCUT2D eigenvalue weighted by Gasteiger charge is 2.42. The Hall–Kier alpha value is -0.610. The predicted octanol–water partition coefficient (Wildman–Crippen LogP) is 2.18. The van der Waals surface area contributed by atoms with E-state index in [9.17, 15) is 4.79 Å². The molecule has 4 heteroatoms. The minimum atomic E-state index is 0.0520. The topological polar surface area (TPSA) is 41.6 Å². The van der Waals surface area contributed by atoms with Crippen LogP contribution in [0.5, 0.6) is 0 Å². The summed E-state index contributed by atoms with van der Waals surface area (Å²) in [7, 11) is 1.72. The summed E-state index contributed by atoms with van der Waals surface area (Å²) < 4.78 is 5.22. The number of hydrogen-bond acceptors (Lipinski definition) is 3. The zero-order valence-electron chi connectivity index (χ0n) is 13.5. The Morgan fingerprint density at radius 3 is 2.71 bits per heavy atom. The summed E-state index contributed by atoms with van der Waals surface area (Å²) in [6.45, 7) is 3.59. The van der Waals surface area contributed by atoms with E-state index in [0.29, 0.717) is 24.6 Å². The second-order valence-electron chi connectivity index (χ2n) is 7.21. The van der Waals surface area contributed by atoms with Crippen molar-refractivity contribution < 1.29 is 9.53 Å². The van der Waals surface area contributed by atoms with E-state index in [2.05, 4.69) is 17.1 Å². The van der Waals surface area contributed by atoms with Gasteiger partial charge in [-0.2, -0.15) is 0 Å². The number of rotatable bonds is 6. The van der Waals surface area contributed by atoms with Crippen molar-refractivity contribution in [3.8, 4) is 0 Å². The van der Waals surface area contributed by atoms with Crippen LogP contribution in [0.2, 0.25) is 0 Å². The minimum absolute atomic E-state index is 0.0520. The van der Waals surface area contributed by atoms with Crippen molar-refractivity contribution >= 4 is 5.91 Å². The molecule has 0 bridgehead atoms. The van der Waals surface area contributed by atoms with Gasteiger partial charge in [-0.1, -0.05) is 12.8 Å².